The van der Waals surface area contributed by atoms with E-state index in [1.54, 1.807) is 0 Å². The van der Waals surface area contributed by atoms with Crippen molar-refractivity contribution in [3.05, 3.63) is 41.5 Å². The van der Waals surface area contributed by atoms with E-state index >= 15 is 0 Å². The van der Waals surface area contributed by atoms with Gasteiger partial charge in [0.1, 0.15) is 11.2 Å². The molecule has 0 bridgehead atoms. The number of hydrogen-bond acceptors (Lipinski definition) is 2. The summed E-state index contributed by atoms with van der Waals surface area (Å²) in [6.45, 7) is 8.31. The minimum absolute atomic E-state index is 0.0284. The monoisotopic (exact) mass is 244 g/mol. The lowest BCUT2D eigenvalue weighted by molar-refractivity contribution is -0.00787. The Hall–Kier alpha value is -1.12. The van der Waals surface area contributed by atoms with Crippen LogP contribution in [0.4, 0.5) is 0 Å². The first-order valence-electron chi connectivity index (χ1n) is 6.48. The molecule has 1 aromatic rings. The third-order valence-electron chi connectivity index (χ3n) is 4.19. The average Bonchev–Trinajstić information content (AvgIpc) is 3.01. The van der Waals surface area contributed by atoms with Crippen molar-refractivity contribution in [2.75, 3.05) is 0 Å². The number of benzene rings is 1. The van der Waals surface area contributed by atoms with Gasteiger partial charge in [-0.2, -0.15) is 0 Å². The van der Waals surface area contributed by atoms with Gasteiger partial charge in [0.2, 0.25) is 0 Å². The number of fused-ring (bicyclic) bond motifs is 1. The zero-order valence-electron chi connectivity index (χ0n) is 11.4. The lowest BCUT2D eigenvalue weighted by atomic mass is 9.70. The molecule has 18 heavy (non-hydrogen) atoms. The summed E-state index contributed by atoms with van der Waals surface area (Å²) in [7, 11) is 0. The predicted molar refractivity (Wildman–Crippen MR) is 72.1 cm³/mol. The summed E-state index contributed by atoms with van der Waals surface area (Å²) in [5.74, 6) is 0. The Labute approximate surface area is 108 Å². The summed E-state index contributed by atoms with van der Waals surface area (Å²) in [6, 6.07) is 7.98. The van der Waals surface area contributed by atoms with Crippen LogP contribution in [-0.2, 0) is 10.3 Å². The summed E-state index contributed by atoms with van der Waals surface area (Å²) in [5.41, 5.74) is 0.548. The molecular formula is C16H20O2. The Morgan fingerprint density at radius 1 is 1.22 bits per heavy atom. The number of ether oxygens (including phenoxy) is 1. The molecule has 3 rings (SSSR count). The molecule has 1 aliphatic carbocycles. The van der Waals surface area contributed by atoms with Crippen molar-refractivity contribution >= 4 is 6.08 Å². The third-order valence-corrected chi connectivity index (χ3v) is 4.19. The van der Waals surface area contributed by atoms with Crippen molar-refractivity contribution in [3.63, 3.8) is 0 Å². The smallest absolute Gasteiger partial charge is 0.146 e. The fourth-order valence-electron chi connectivity index (χ4n) is 3.15. The minimum atomic E-state index is -0.962. The molecule has 0 saturated carbocycles. The number of aliphatic hydroxyl groups is 1. The Morgan fingerprint density at radius 3 is 2.50 bits per heavy atom. The molecule has 1 N–H and O–H groups in total. The molecule has 2 nitrogen and oxygen atoms in total. The van der Waals surface area contributed by atoms with Gasteiger partial charge in [-0.3, -0.25) is 0 Å². The van der Waals surface area contributed by atoms with Gasteiger partial charge < -0.3 is 9.84 Å². The van der Waals surface area contributed by atoms with Crippen molar-refractivity contribution in [1.82, 2.24) is 0 Å². The lowest BCUT2D eigenvalue weighted by Gasteiger charge is -2.35. The van der Waals surface area contributed by atoms with Gasteiger partial charge >= 0.3 is 0 Å². The van der Waals surface area contributed by atoms with Crippen LogP contribution in [0, 0.1) is 5.41 Å². The summed E-state index contributed by atoms with van der Waals surface area (Å²) in [5, 5.41) is 11.0. The second kappa shape index (κ2) is 3.25. The van der Waals surface area contributed by atoms with Crippen LogP contribution >= 0.6 is 0 Å². The molecule has 1 saturated heterocycles. The minimum Gasteiger partial charge on any atom is -0.382 e. The van der Waals surface area contributed by atoms with Crippen LogP contribution in [0.3, 0.4) is 0 Å². The molecule has 0 amide bonds. The molecule has 3 atom stereocenters. The zero-order valence-corrected chi connectivity index (χ0v) is 11.4. The maximum absolute atomic E-state index is 11.0. The first-order valence-corrected chi connectivity index (χ1v) is 6.48. The topological polar surface area (TPSA) is 32.8 Å². The maximum Gasteiger partial charge on any atom is 0.146 e. The largest absolute Gasteiger partial charge is 0.382 e. The fourth-order valence-corrected chi connectivity index (χ4v) is 3.15. The predicted octanol–water partition coefficient (Wildman–Crippen LogP) is 3.10. The first-order chi connectivity index (χ1) is 8.29. The van der Waals surface area contributed by atoms with E-state index in [4.69, 9.17) is 4.74 Å². The van der Waals surface area contributed by atoms with Gasteiger partial charge in [0.05, 0.1) is 6.10 Å². The standard InChI is InChI=1S/C16H20O2/c1-14(2,3)13-16(18-13)10-9-11-7-5-6-8-12(11)15(16,4)17/h5-10,13,17H,1-4H3/t13-,15+,16-/m0/s1. The summed E-state index contributed by atoms with van der Waals surface area (Å²) < 4.78 is 5.95. The van der Waals surface area contributed by atoms with Crippen LogP contribution < -0.4 is 0 Å². The van der Waals surface area contributed by atoms with Gasteiger partial charge in [-0.25, -0.2) is 0 Å². The molecule has 0 aromatic heterocycles. The molecule has 1 fully saturated rings. The van der Waals surface area contributed by atoms with E-state index in [0.29, 0.717) is 0 Å². The van der Waals surface area contributed by atoms with Gasteiger partial charge in [0.25, 0.3) is 0 Å². The van der Waals surface area contributed by atoms with Crippen molar-refractivity contribution in [3.8, 4) is 0 Å². The van der Waals surface area contributed by atoms with Gasteiger partial charge in [0.15, 0.2) is 0 Å². The van der Waals surface area contributed by atoms with Crippen molar-refractivity contribution in [1.29, 1.82) is 0 Å². The SMILES string of the molecule is CC(C)(C)[C@@H]1O[C@@]12C=Cc1ccccc1[C@@]2(C)O. The van der Waals surface area contributed by atoms with E-state index in [1.165, 1.54) is 0 Å². The van der Waals surface area contributed by atoms with Gasteiger partial charge in [-0.05, 0) is 29.5 Å². The highest BCUT2D eigenvalue weighted by Crippen LogP contribution is 2.59. The van der Waals surface area contributed by atoms with E-state index in [9.17, 15) is 5.11 Å². The quantitative estimate of drug-likeness (QED) is 0.711. The molecule has 96 valence electrons. The van der Waals surface area contributed by atoms with E-state index in [2.05, 4.69) is 26.8 Å². The molecule has 1 aliphatic heterocycles. The Bertz CT molecular complexity index is 522. The summed E-state index contributed by atoms with van der Waals surface area (Å²) >= 11 is 0. The van der Waals surface area contributed by atoms with Crippen LogP contribution in [-0.4, -0.2) is 16.8 Å². The second-order valence-electron chi connectivity index (χ2n) is 6.65. The molecule has 2 aliphatic rings. The van der Waals surface area contributed by atoms with Crippen molar-refractivity contribution in [2.24, 2.45) is 5.41 Å². The molecule has 1 heterocycles. The molecular weight excluding hydrogens is 224 g/mol. The molecule has 1 spiro atoms. The number of epoxide rings is 1. The van der Waals surface area contributed by atoms with Gasteiger partial charge in [-0.1, -0.05) is 51.1 Å². The summed E-state index contributed by atoms with van der Waals surface area (Å²) in [6.07, 6.45) is 4.16. The van der Waals surface area contributed by atoms with Crippen molar-refractivity contribution in [2.45, 2.75) is 45.0 Å². The summed E-state index contributed by atoms with van der Waals surface area (Å²) in [4.78, 5) is 0. The third kappa shape index (κ3) is 1.36. The van der Waals surface area contributed by atoms with Gasteiger partial charge in [0, 0.05) is 0 Å². The van der Waals surface area contributed by atoms with Gasteiger partial charge in [-0.15, -0.1) is 0 Å². The molecule has 1 aromatic carbocycles. The highest BCUT2D eigenvalue weighted by molar-refractivity contribution is 5.63. The molecule has 2 heteroatoms. The van der Waals surface area contributed by atoms with E-state index in [1.807, 2.05) is 37.3 Å². The highest BCUT2D eigenvalue weighted by Gasteiger charge is 2.70. The Balaban J connectivity index is 2.09. The number of hydrogen-bond donors (Lipinski definition) is 1. The van der Waals surface area contributed by atoms with Crippen LogP contribution in [0.25, 0.3) is 6.08 Å². The zero-order chi connectivity index (χ0) is 13.2. The van der Waals surface area contributed by atoms with Crippen molar-refractivity contribution < 1.29 is 9.84 Å². The normalized spacial score (nSPS) is 37.7. The van der Waals surface area contributed by atoms with E-state index < -0.39 is 11.2 Å². The number of rotatable bonds is 0. The van der Waals surface area contributed by atoms with Crippen LogP contribution in [0.1, 0.15) is 38.8 Å². The first kappa shape index (κ1) is 11.9. The van der Waals surface area contributed by atoms with E-state index in [-0.39, 0.29) is 11.5 Å². The van der Waals surface area contributed by atoms with Crippen LogP contribution in [0.15, 0.2) is 30.3 Å². The fraction of sp³-hybridized carbons (Fsp3) is 0.500. The van der Waals surface area contributed by atoms with Crippen LogP contribution in [0.2, 0.25) is 0 Å². The van der Waals surface area contributed by atoms with E-state index in [0.717, 1.165) is 11.1 Å². The molecule has 0 unspecified atom stereocenters. The molecule has 0 radical (unpaired) electrons. The second-order valence-corrected chi connectivity index (χ2v) is 6.65. The maximum atomic E-state index is 11.0. The van der Waals surface area contributed by atoms with Crippen LogP contribution in [0.5, 0.6) is 0 Å². The average molecular weight is 244 g/mol. The highest BCUT2D eigenvalue weighted by atomic mass is 16.6. The lowest BCUT2D eigenvalue weighted by Crippen LogP contribution is -2.44. The Morgan fingerprint density at radius 2 is 1.89 bits per heavy atom. The Kier molecular flexibility index (Phi) is 2.16.